The molecular formula is C19H26N4O3. The van der Waals surface area contributed by atoms with Crippen LogP contribution in [0, 0.1) is 5.92 Å². The molecule has 0 radical (unpaired) electrons. The van der Waals surface area contributed by atoms with E-state index in [2.05, 4.69) is 20.9 Å². The lowest BCUT2D eigenvalue weighted by Gasteiger charge is -2.21. The van der Waals surface area contributed by atoms with Gasteiger partial charge in [-0.1, -0.05) is 32.0 Å². The summed E-state index contributed by atoms with van der Waals surface area (Å²) in [5.41, 5.74) is 1.87. The molecule has 1 unspecified atom stereocenters. The first-order valence-electron chi connectivity index (χ1n) is 8.75. The Morgan fingerprint density at radius 2 is 1.77 bits per heavy atom. The minimum Gasteiger partial charge on any atom is -0.361 e. The molecule has 0 fully saturated rings. The first-order valence-corrected chi connectivity index (χ1v) is 8.75. The molecule has 4 N–H and O–H groups in total. The Morgan fingerprint density at radius 1 is 1.08 bits per heavy atom. The van der Waals surface area contributed by atoms with Gasteiger partial charge < -0.3 is 20.9 Å². The van der Waals surface area contributed by atoms with Gasteiger partial charge in [-0.05, 0) is 17.5 Å². The molecule has 1 aromatic carbocycles. The maximum atomic E-state index is 12.4. The van der Waals surface area contributed by atoms with Gasteiger partial charge in [0.05, 0.1) is 6.42 Å². The van der Waals surface area contributed by atoms with Crippen LogP contribution in [0.1, 0.15) is 26.3 Å². The molecule has 0 saturated heterocycles. The number of rotatable bonds is 8. The minimum absolute atomic E-state index is 0.0531. The number of carbonyl (C=O) groups is 3. The molecule has 0 spiro atoms. The van der Waals surface area contributed by atoms with Crippen LogP contribution in [-0.2, 0) is 20.8 Å². The molecular weight excluding hydrogens is 332 g/mol. The van der Waals surface area contributed by atoms with Gasteiger partial charge in [-0.15, -0.1) is 0 Å². The normalized spacial score (nSPS) is 12.0. The number of fused-ring (bicyclic) bond motifs is 1. The summed E-state index contributed by atoms with van der Waals surface area (Å²) in [4.78, 5) is 38.7. The van der Waals surface area contributed by atoms with Gasteiger partial charge in [-0.2, -0.15) is 0 Å². The number of aromatic nitrogens is 1. The Labute approximate surface area is 152 Å². The van der Waals surface area contributed by atoms with Crippen LogP contribution in [0.25, 0.3) is 10.9 Å². The van der Waals surface area contributed by atoms with Gasteiger partial charge in [-0.3, -0.25) is 14.4 Å². The van der Waals surface area contributed by atoms with Crippen molar-refractivity contribution in [1.29, 1.82) is 0 Å². The largest absolute Gasteiger partial charge is 0.361 e. The first-order chi connectivity index (χ1) is 12.4. The molecule has 0 aliphatic rings. The van der Waals surface area contributed by atoms with Crippen LogP contribution in [0.5, 0.6) is 0 Å². The summed E-state index contributed by atoms with van der Waals surface area (Å²) in [7, 11) is 0. The second-order valence-corrected chi connectivity index (χ2v) is 6.60. The van der Waals surface area contributed by atoms with Crippen molar-refractivity contribution in [3.8, 4) is 0 Å². The van der Waals surface area contributed by atoms with Crippen LogP contribution in [0.15, 0.2) is 30.5 Å². The molecule has 140 valence electrons. The van der Waals surface area contributed by atoms with Crippen molar-refractivity contribution < 1.29 is 14.4 Å². The highest BCUT2D eigenvalue weighted by molar-refractivity contribution is 5.92. The Balaban J connectivity index is 1.92. The topological polar surface area (TPSA) is 103 Å². The summed E-state index contributed by atoms with van der Waals surface area (Å²) in [6.45, 7) is 5.85. The molecule has 7 heteroatoms. The van der Waals surface area contributed by atoms with Gasteiger partial charge in [0.15, 0.2) is 0 Å². The molecule has 2 rings (SSSR count). The predicted molar refractivity (Wildman–Crippen MR) is 100 cm³/mol. The average molecular weight is 358 g/mol. The molecule has 1 aromatic heterocycles. The Morgan fingerprint density at radius 3 is 2.46 bits per heavy atom. The zero-order valence-corrected chi connectivity index (χ0v) is 15.4. The van der Waals surface area contributed by atoms with Crippen molar-refractivity contribution in [2.45, 2.75) is 33.2 Å². The van der Waals surface area contributed by atoms with Crippen molar-refractivity contribution in [2.75, 3.05) is 13.1 Å². The number of hydrogen-bond acceptors (Lipinski definition) is 3. The maximum absolute atomic E-state index is 12.4. The number of carbonyl (C=O) groups excluding carboxylic acids is 3. The fourth-order valence-electron chi connectivity index (χ4n) is 2.74. The number of aromatic amines is 1. The number of para-hydroxylation sites is 1. The van der Waals surface area contributed by atoms with Gasteiger partial charge in [-0.25, -0.2) is 0 Å². The van der Waals surface area contributed by atoms with E-state index >= 15 is 0 Å². The van der Waals surface area contributed by atoms with Gasteiger partial charge in [0.25, 0.3) is 0 Å². The van der Waals surface area contributed by atoms with Gasteiger partial charge >= 0.3 is 0 Å². The molecule has 1 heterocycles. The highest BCUT2D eigenvalue weighted by Gasteiger charge is 2.24. The fourth-order valence-corrected chi connectivity index (χ4v) is 2.74. The second-order valence-electron chi connectivity index (χ2n) is 6.60. The molecule has 0 saturated carbocycles. The number of H-pyrrole nitrogens is 1. The lowest BCUT2D eigenvalue weighted by molar-refractivity contribution is -0.129. The van der Waals surface area contributed by atoms with Crippen LogP contribution in [-0.4, -0.2) is 41.8 Å². The SMILES string of the molecule is CC(=O)NCCNC(=O)C(NC(=O)Cc1c[nH]c2ccccc12)C(C)C. The number of amides is 3. The molecule has 0 aliphatic heterocycles. The van der Waals surface area contributed by atoms with Crippen molar-refractivity contribution >= 4 is 28.6 Å². The molecule has 1 atom stereocenters. The molecule has 0 aliphatic carbocycles. The van der Waals surface area contributed by atoms with Crippen LogP contribution in [0.4, 0.5) is 0 Å². The summed E-state index contributed by atoms with van der Waals surface area (Å²) in [6.07, 6.45) is 2.02. The number of benzene rings is 1. The van der Waals surface area contributed by atoms with E-state index in [9.17, 15) is 14.4 Å². The Kier molecular flexibility index (Phi) is 6.77. The first kappa shape index (κ1) is 19.5. The third-order valence-electron chi connectivity index (χ3n) is 4.09. The Bertz CT molecular complexity index is 782. The van der Waals surface area contributed by atoms with Crippen LogP contribution in [0.3, 0.4) is 0 Å². The van der Waals surface area contributed by atoms with E-state index in [0.717, 1.165) is 16.5 Å². The summed E-state index contributed by atoms with van der Waals surface area (Å²) in [6, 6.07) is 7.16. The van der Waals surface area contributed by atoms with Crippen molar-refractivity contribution in [1.82, 2.24) is 20.9 Å². The average Bonchev–Trinajstić information content (AvgIpc) is 2.99. The van der Waals surface area contributed by atoms with Crippen LogP contribution < -0.4 is 16.0 Å². The monoisotopic (exact) mass is 358 g/mol. The van der Waals surface area contributed by atoms with Crippen LogP contribution in [0.2, 0.25) is 0 Å². The molecule has 7 nitrogen and oxygen atoms in total. The van der Waals surface area contributed by atoms with E-state index in [1.54, 1.807) is 0 Å². The molecule has 26 heavy (non-hydrogen) atoms. The number of hydrogen-bond donors (Lipinski definition) is 4. The minimum atomic E-state index is -0.620. The van der Waals surface area contributed by atoms with Gasteiger partial charge in [0, 0.05) is 37.1 Å². The second kappa shape index (κ2) is 9.03. The quantitative estimate of drug-likeness (QED) is 0.531. The van der Waals surface area contributed by atoms with E-state index < -0.39 is 6.04 Å². The standard InChI is InChI=1S/C19H26N4O3/c1-12(2)18(19(26)21-9-8-20-13(3)24)23-17(25)10-14-11-22-16-7-5-4-6-15(14)16/h4-7,11-12,18,22H,8-10H2,1-3H3,(H,20,24)(H,21,26)(H,23,25). The van der Waals surface area contributed by atoms with E-state index in [-0.39, 0.29) is 30.1 Å². The van der Waals surface area contributed by atoms with Crippen LogP contribution >= 0.6 is 0 Å². The zero-order chi connectivity index (χ0) is 19.1. The van der Waals surface area contributed by atoms with E-state index in [0.29, 0.717) is 13.1 Å². The van der Waals surface area contributed by atoms with E-state index in [1.807, 2.05) is 44.3 Å². The summed E-state index contributed by atoms with van der Waals surface area (Å²) < 4.78 is 0. The van der Waals surface area contributed by atoms with E-state index in [4.69, 9.17) is 0 Å². The summed E-state index contributed by atoms with van der Waals surface area (Å²) >= 11 is 0. The third kappa shape index (κ3) is 5.34. The zero-order valence-electron chi connectivity index (χ0n) is 15.4. The summed E-state index contributed by atoms with van der Waals surface area (Å²) in [5.74, 6) is -0.655. The van der Waals surface area contributed by atoms with Crippen molar-refractivity contribution in [3.63, 3.8) is 0 Å². The smallest absolute Gasteiger partial charge is 0.242 e. The van der Waals surface area contributed by atoms with Crippen molar-refractivity contribution in [3.05, 3.63) is 36.0 Å². The highest BCUT2D eigenvalue weighted by atomic mass is 16.2. The Hall–Kier alpha value is -2.83. The lowest BCUT2D eigenvalue weighted by Crippen LogP contribution is -2.51. The number of nitrogens with one attached hydrogen (secondary N) is 4. The van der Waals surface area contributed by atoms with Gasteiger partial charge in [0.1, 0.15) is 6.04 Å². The van der Waals surface area contributed by atoms with Gasteiger partial charge in [0.2, 0.25) is 17.7 Å². The molecule has 0 bridgehead atoms. The lowest BCUT2D eigenvalue weighted by atomic mass is 10.0. The molecule has 3 amide bonds. The predicted octanol–water partition coefficient (Wildman–Crippen LogP) is 1.10. The van der Waals surface area contributed by atoms with E-state index in [1.165, 1.54) is 6.92 Å². The highest BCUT2D eigenvalue weighted by Crippen LogP contribution is 2.18. The van der Waals surface area contributed by atoms with Crippen molar-refractivity contribution in [2.24, 2.45) is 5.92 Å². The molecule has 2 aromatic rings. The fraction of sp³-hybridized carbons (Fsp3) is 0.421. The maximum Gasteiger partial charge on any atom is 0.242 e. The summed E-state index contributed by atoms with van der Waals surface area (Å²) in [5, 5.41) is 9.17. The third-order valence-corrected chi connectivity index (χ3v) is 4.09.